The molecule has 2 aromatic rings. The van der Waals surface area contributed by atoms with Crippen molar-refractivity contribution in [2.24, 2.45) is 0 Å². The van der Waals surface area contributed by atoms with E-state index in [0.29, 0.717) is 5.56 Å². The molecule has 0 aromatic heterocycles. The highest BCUT2D eigenvalue weighted by molar-refractivity contribution is 6.45. The number of imide groups is 1. The third-order valence-electron chi connectivity index (χ3n) is 4.59. The number of amides is 2. The fourth-order valence-corrected chi connectivity index (χ4v) is 3.32. The van der Waals surface area contributed by atoms with Crippen molar-refractivity contribution in [1.29, 1.82) is 0 Å². The van der Waals surface area contributed by atoms with Gasteiger partial charge in [0.05, 0.1) is 17.9 Å². The van der Waals surface area contributed by atoms with Crippen molar-refractivity contribution in [3.05, 3.63) is 70.7 Å². The number of likely N-dealkylation sites (N-methyl/N-ethyl adjacent to an activating group) is 1. The summed E-state index contributed by atoms with van der Waals surface area (Å²) < 4.78 is 13.7. The molecule has 5 nitrogen and oxygen atoms in total. The van der Waals surface area contributed by atoms with Gasteiger partial charge in [0, 0.05) is 13.6 Å². The summed E-state index contributed by atoms with van der Waals surface area (Å²) in [5.41, 5.74) is 3.20. The van der Waals surface area contributed by atoms with Gasteiger partial charge in [0.25, 0.3) is 11.8 Å². The van der Waals surface area contributed by atoms with Gasteiger partial charge >= 0.3 is 0 Å². The fourth-order valence-electron chi connectivity index (χ4n) is 3.32. The monoisotopic (exact) mass is 368 g/mol. The number of aryl methyl sites for hydroxylation is 2. The minimum atomic E-state index is -0.531. The summed E-state index contributed by atoms with van der Waals surface area (Å²) in [5.74, 6) is -1.56. The summed E-state index contributed by atoms with van der Waals surface area (Å²) in [7, 11) is 1.65. The Bertz CT molecular complexity index is 952. The minimum Gasteiger partial charge on any atom is -0.395 e. The summed E-state index contributed by atoms with van der Waals surface area (Å²) in [6.45, 7) is 3.85. The first-order chi connectivity index (χ1) is 12.8. The number of anilines is 1. The largest absolute Gasteiger partial charge is 0.395 e. The molecule has 2 aromatic carbocycles. The van der Waals surface area contributed by atoms with Crippen molar-refractivity contribution in [2.45, 2.75) is 13.8 Å². The second kappa shape index (κ2) is 7.32. The molecule has 0 radical (unpaired) electrons. The first-order valence-corrected chi connectivity index (χ1v) is 8.63. The van der Waals surface area contributed by atoms with Gasteiger partial charge in [-0.3, -0.25) is 9.59 Å². The van der Waals surface area contributed by atoms with Crippen LogP contribution in [0.3, 0.4) is 0 Å². The molecule has 0 fully saturated rings. The summed E-state index contributed by atoms with van der Waals surface area (Å²) in [6.07, 6.45) is 0. The molecule has 2 amide bonds. The van der Waals surface area contributed by atoms with Crippen LogP contribution in [0.25, 0.3) is 5.57 Å². The van der Waals surface area contributed by atoms with E-state index in [1.54, 1.807) is 11.9 Å². The third-order valence-corrected chi connectivity index (χ3v) is 4.59. The van der Waals surface area contributed by atoms with Crippen LogP contribution in [0.4, 0.5) is 10.1 Å². The van der Waals surface area contributed by atoms with Gasteiger partial charge in [-0.25, -0.2) is 9.29 Å². The Hall–Kier alpha value is -2.99. The summed E-state index contributed by atoms with van der Waals surface area (Å²) >= 11 is 0. The van der Waals surface area contributed by atoms with Gasteiger partial charge in [-0.2, -0.15) is 0 Å². The molecule has 1 N–H and O–H groups in total. The number of rotatable bonds is 5. The molecule has 0 spiro atoms. The van der Waals surface area contributed by atoms with Crippen LogP contribution < -0.4 is 4.90 Å². The van der Waals surface area contributed by atoms with Crippen LogP contribution in [0.5, 0.6) is 0 Å². The summed E-state index contributed by atoms with van der Waals surface area (Å²) in [4.78, 5) is 28.9. The van der Waals surface area contributed by atoms with E-state index in [2.05, 4.69) is 0 Å². The predicted octanol–water partition coefficient (Wildman–Crippen LogP) is 2.65. The van der Waals surface area contributed by atoms with Crippen LogP contribution in [-0.4, -0.2) is 42.0 Å². The Morgan fingerprint density at radius 3 is 2.44 bits per heavy atom. The first kappa shape index (κ1) is 18.8. The fraction of sp³-hybridized carbons (Fsp3) is 0.238. The van der Waals surface area contributed by atoms with Crippen molar-refractivity contribution in [2.75, 3.05) is 25.1 Å². The van der Waals surface area contributed by atoms with Crippen molar-refractivity contribution in [3.63, 3.8) is 0 Å². The van der Waals surface area contributed by atoms with Gasteiger partial charge in [0.1, 0.15) is 11.5 Å². The number of carbonyl (C=O) groups is 2. The molecule has 0 saturated carbocycles. The zero-order chi connectivity index (χ0) is 19.7. The zero-order valence-electron chi connectivity index (χ0n) is 15.5. The highest BCUT2D eigenvalue weighted by Gasteiger charge is 2.42. The van der Waals surface area contributed by atoms with E-state index in [1.807, 2.05) is 32.0 Å². The van der Waals surface area contributed by atoms with Crippen LogP contribution in [0.15, 0.2) is 48.2 Å². The van der Waals surface area contributed by atoms with E-state index < -0.39 is 17.6 Å². The Balaban J connectivity index is 2.18. The number of carbonyl (C=O) groups excluding carboxylic acids is 2. The average Bonchev–Trinajstić information content (AvgIpc) is 2.86. The molecule has 3 rings (SSSR count). The van der Waals surface area contributed by atoms with Gasteiger partial charge in [-0.05, 0) is 43.2 Å². The maximum atomic E-state index is 13.7. The van der Waals surface area contributed by atoms with Crippen molar-refractivity contribution in [1.82, 2.24) is 4.90 Å². The van der Waals surface area contributed by atoms with E-state index in [9.17, 15) is 19.1 Å². The standard InChI is InChI=1S/C21H21FN2O3/c1-13-7-8-17(14(2)11-13)18-19(23(3)9-10-25)21(27)24(20(18)26)16-6-4-5-15(22)12-16/h4-8,11-12,25H,9-10H2,1-3H3. The number of benzene rings is 2. The van der Waals surface area contributed by atoms with E-state index in [0.717, 1.165) is 22.1 Å². The SMILES string of the molecule is Cc1ccc(C2=C(N(C)CCO)C(=O)N(c3cccc(F)c3)C2=O)c(C)c1. The second-order valence-electron chi connectivity index (χ2n) is 6.61. The third kappa shape index (κ3) is 3.36. The lowest BCUT2D eigenvalue weighted by Crippen LogP contribution is -2.34. The van der Waals surface area contributed by atoms with Gasteiger partial charge in [-0.15, -0.1) is 0 Å². The predicted molar refractivity (Wildman–Crippen MR) is 101 cm³/mol. The molecule has 0 saturated heterocycles. The van der Waals surface area contributed by atoms with E-state index in [4.69, 9.17) is 0 Å². The average molecular weight is 368 g/mol. The molecule has 1 aliphatic rings. The molecule has 0 atom stereocenters. The summed E-state index contributed by atoms with van der Waals surface area (Å²) in [6, 6.07) is 11.0. The lowest BCUT2D eigenvalue weighted by atomic mass is 9.97. The van der Waals surface area contributed by atoms with Crippen molar-refractivity contribution >= 4 is 23.1 Å². The van der Waals surface area contributed by atoms with Crippen LogP contribution in [0.1, 0.15) is 16.7 Å². The smallest absolute Gasteiger partial charge is 0.282 e. The molecule has 27 heavy (non-hydrogen) atoms. The van der Waals surface area contributed by atoms with Crippen LogP contribution in [-0.2, 0) is 9.59 Å². The van der Waals surface area contributed by atoms with Gasteiger partial charge in [0.15, 0.2) is 0 Å². The second-order valence-corrected chi connectivity index (χ2v) is 6.61. The highest BCUT2D eigenvalue weighted by atomic mass is 19.1. The van der Waals surface area contributed by atoms with E-state index in [1.165, 1.54) is 18.2 Å². The van der Waals surface area contributed by atoms with Crippen molar-refractivity contribution < 1.29 is 19.1 Å². The lowest BCUT2D eigenvalue weighted by Gasteiger charge is -2.20. The number of aliphatic hydroxyl groups excluding tert-OH is 1. The van der Waals surface area contributed by atoms with E-state index >= 15 is 0 Å². The van der Waals surface area contributed by atoms with Gasteiger partial charge < -0.3 is 10.0 Å². The quantitative estimate of drug-likeness (QED) is 0.825. The maximum Gasteiger partial charge on any atom is 0.282 e. The highest BCUT2D eigenvalue weighted by Crippen LogP contribution is 2.35. The van der Waals surface area contributed by atoms with Crippen molar-refractivity contribution in [3.8, 4) is 0 Å². The van der Waals surface area contributed by atoms with Gasteiger partial charge in [-0.1, -0.05) is 29.8 Å². The molecule has 0 unspecified atom stereocenters. The number of hydrogen-bond acceptors (Lipinski definition) is 4. The molecule has 0 aliphatic carbocycles. The Kier molecular flexibility index (Phi) is 5.10. The molecule has 6 heteroatoms. The molecular weight excluding hydrogens is 347 g/mol. The molecule has 1 aliphatic heterocycles. The van der Waals surface area contributed by atoms with Crippen LogP contribution in [0, 0.1) is 19.7 Å². The minimum absolute atomic E-state index is 0.165. The Labute approximate surface area is 157 Å². The maximum absolute atomic E-state index is 13.7. The zero-order valence-corrected chi connectivity index (χ0v) is 15.5. The Morgan fingerprint density at radius 2 is 1.81 bits per heavy atom. The van der Waals surface area contributed by atoms with Crippen LogP contribution >= 0.6 is 0 Å². The Morgan fingerprint density at radius 1 is 1.07 bits per heavy atom. The summed E-state index contributed by atoms with van der Waals surface area (Å²) in [5, 5.41) is 9.29. The molecule has 1 heterocycles. The topological polar surface area (TPSA) is 60.9 Å². The molecule has 140 valence electrons. The number of hydrogen-bond donors (Lipinski definition) is 1. The number of halogens is 1. The number of aliphatic hydroxyl groups is 1. The van der Waals surface area contributed by atoms with E-state index in [-0.39, 0.29) is 30.1 Å². The molecular formula is C21H21FN2O3. The first-order valence-electron chi connectivity index (χ1n) is 8.63. The normalized spacial score (nSPS) is 14.3. The number of nitrogens with zero attached hydrogens (tertiary/aromatic N) is 2. The van der Waals surface area contributed by atoms with Gasteiger partial charge in [0.2, 0.25) is 0 Å². The molecule has 0 bridgehead atoms. The lowest BCUT2D eigenvalue weighted by molar-refractivity contribution is -0.120. The van der Waals surface area contributed by atoms with Crippen LogP contribution in [0.2, 0.25) is 0 Å².